The van der Waals surface area contributed by atoms with Gasteiger partial charge in [-0.15, -0.1) is 0 Å². The molecule has 1 saturated heterocycles. The summed E-state index contributed by atoms with van der Waals surface area (Å²) in [6.07, 6.45) is 3.82. The van der Waals surface area contributed by atoms with Crippen LogP contribution in [0.15, 0.2) is 36.4 Å². The highest BCUT2D eigenvalue weighted by Crippen LogP contribution is 2.26. The van der Waals surface area contributed by atoms with Gasteiger partial charge in [0.15, 0.2) is 0 Å². The number of carbonyl (C=O) groups excluding carboxylic acids is 5. The predicted octanol–water partition coefficient (Wildman–Crippen LogP) is 3.88. The second-order valence-corrected chi connectivity index (χ2v) is 14.5. The molecule has 0 spiro atoms. The summed E-state index contributed by atoms with van der Waals surface area (Å²) < 4.78 is 11.1. The minimum Gasteiger partial charge on any atom is -0.461 e. The van der Waals surface area contributed by atoms with Gasteiger partial charge in [-0.05, 0) is 78.0 Å². The number of hydrogen-bond acceptors (Lipinski definition) is 9. The Kier molecular flexibility index (Phi) is 11.4. The van der Waals surface area contributed by atoms with Crippen molar-refractivity contribution in [3.8, 4) is 0 Å². The Morgan fingerprint density at radius 2 is 1.65 bits per heavy atom. The highest BCUT2D eigenvalue weighted by molar-refractivity contribution is 5.91. The molecule has 0 radical (unpaired) electrons. The molecule has 266 valence electrons. The third kappa shape index (κ3) is 9.14. The number of likely N-dealkylation sites (N-methyl/N-ethyl adjacent to an activating group) is 1. The zero-order valence-corrected chi connectivity index (χ0v) is 30.0. The summed E-state index contributed by atoms with van der Waals surface area (Å²) in [7, 11) is 1.71. The molecule has 4 rings (SSSR count). The number of carbonyl (C=O) groups is 5. The van der Waals surface area contributed by atoms with E-state index in [4.69, 9.17) is 14.5 Å². The van der Waals surface area contributed by atoms with E-state index in [9.17, 15) is 24.0 Å². The van der Waals surface area contributed by atoms with E-state index < -0.39 is 53.0 Å². The lowest BCUT2D eigenvalue weighted by molar-refractivity contribution is -0.157. The number of cyclic esters (lactones) is 2. The molecular weight excluding hydrogens is 628 g/mol. The Balaban J connectivity index is 1.66. The van der Waals surface area contributed by atoms with E-state index in [1.165, 1.54) is 5.01 Å². The van der Waals surface area contributed by atoms with Crippen molar-refractivity contribution >= 4 is 46.8 Å². The Morgan fingerprint density at radius 3 is 2.35 bits per heavy atom. The molecular formula is C36H50N6O7. The van der Waals surface area contributed by atoms with Gasteiger partial charge in [-0.3, -0.25) is 29.2 Å². The zero-order valence-electron chi connectivity index (χ0n) is 30.0. The molecule has 5 bridgehead atoms. The SMILES string of the molecule is CC(C)[C@@H]1NC(=O)OC(C)(C)COC(=O)C(C)(C)/C=C/c2ccc3ccc(nc3c2)[C@@H](C)N(C)C(=O)[C@@H]2CCCN(N2)C(=O)[C@H](C)NC1=O. The Hall–Kier alpha value is -4.52. The van der Waals surface area contributed by atoms with E-state index in [1.54, 1.807) is 66.5 Å². The number of amides is 4. The fourth-order valence-corrected chi connectivity index (χ4v) is 5.61. The first-order valence-electron chi connectivity index (χ1n) is 16.8. The number of ether oxygens (including phenoxy) is 2. The van der Waals surface area contributed by atoms with E-state index in [-0.39, 0.29) is 24.5 Å². The molecule has 0 unspecified atom stereocenters. The van der Waals surface area contributed by atoms with Crippen LogP contribution in [-0.4, -0.2) is 88.6 Å². The Labute approximate surface area is 288 Å². The number of nitrogens with one attached hydrogen (secondary N) is 3. The molecule has 4 amide bonds. The summed E-state index contributed by atoms with van der Waals surface area (Å²) in [5.41, 5.74) is 3.10. The standard InChI is InChI=1S/C36H50N6O7/c1-21(2)29-30(43)37-22(3)31(44)42-18-10-11-27(40-42)32(45)41(9)23(4)26-15-14-25-13-12-24(19-28(25)38-26)16-17-35(5,6)33(46)48-20-36(7,8)49-34(47)39-29/h12-17,19,21-23,27,29,40H,10-11,18,20H2,1-9H3,(H,37,43)(H,39,47)/b17-16+/t22-,23+,27-,29-/m0/s1. The molecule has 0 saturated carbocycles. The van der Waals surface area contributed by atoms with Crippen LogP contribution in [0.25, 0.3) is 17.0 Å². The maximum Gasteiger partial charge on any atom is 0.408 e. The molecule has 2 aliphatic rings. The average Bonchev–Trinajstić information content (AvgIpc) is 3.06. The van der Waals surface area contributed by atoms with E-state index in [0.29, 0.717) is 25.1 Å². The normalized spacial score (nSPS) is 26.7. The van der Waals surface area contributed by atoms with Crippen LogP contribution in [-0.2, 0) is 28.7 Å². The van der Waals surface area contributed by atoms with E-state index in [2.05, 4.69) is 16.1 Å². The molecule has 1 fully saturated rings. The molecule has 0 aliphatic carbocycles. The highest BCUT2D eigenvalue weighted by Gasteiger charge is 2.36. The van der Waals surface area contributed by atoms with E-state index in [0.717, 1.165) is 16.5 Å². The Morgan fingerprint density at radius 1 is 0.959 bits per heavy atom. The van der Waals surface area contributed by atoms with Gasteiger partial charge in [0.2, 0.25) is 11.8 Å². The first-order valence-corrected chi connectivity index (χ1v) is 16.8. The molecule has 1 aromatic carbocycles. The molecule has 3 heterocycles. The first kappa shape index (κ1) is 37.3. The lowest BCUT2D eigenvalue weighted by atomic mass is 9.92. The third-order valence-electron chi connectivity index (χ3n) is 8.93. The number of esters is 1. The minimum absolute atomic E-state index is 0.193. The maximum absolute atomic E-state index is 13.7. The number of hydrogen-bond donors (Lipinski definition) is 3. The van der Waals surface area contributed by atoms with Crippen LogP contribution in [0.4, 0.5) is 4.79 Å². The number of benzene rings is 1. The van der Waals surface area contributed by atoms with Crippen LogP contribution in [0, 0.1) is 11.3 Å². The molecule has 2 aliphatic heterocycles. The lowest BCUT2D eigenvalue weighted by Crippen LogP contribution is -2.62. The molecule has 4 atom stereocenters. The van der Waals surface area contributed by atoms with Crippen LogP contribution in [0.1, 0.15) is 85.5 Å². The average molecular weight is 679 g/mol. The first-order chi connectivity index (χ1) is 22.9. The van der Waals surface area contributed by atoms with Gasteiger partial charge in [0, 0.05) is 19.0 Å². The van der Waals surface area contributed by atoms with E-state index in [1.807, 2.05) is 43.3 Å². The monoisotopic (exact) mass is 678 g/mol. The van der Waals surface area contributed by atoms with Crippen LogP contribution in [0.3, 0.4) is 0 Å². The summed E-state index contributed by atoms with van der Waals surface area (Å²) >= 11 is 0. The zero-order chi connectivity index (χ0) is 36.3. The molecule has 3 N–H and O–H groups in total. The number of alkyl carbamates (subject to hydrolysis) is 1. The van der Waals surface area contributed by atoms with Gasteiger partial charge in [0.1, 0.15) is 30.3 Å². The second kappa shape index (κ2) is 14.9. The van der Waals surface area contributed by atoms with Gasteiger partial charge < -0.3 is 25.0 Å². The summed E-state index contributed by atoms with van der Waals surface area (Å²) in [5.74, 6) is -2.04. The molecule has 49 heavy (non-hydrogen) atoms. The van der Waals surface area contributed by atoms with Crippen LogP contribution in [0.5, 0.6) is 0 Å². The van der Waals surface area contributed by atoms with Crippen molar-refractivity contribution in [2.24, 2.45) is 11.3 Å². The summed E-state index contributed by atoms with van der Waals surface area (Å²) in [5, 5.41) is 7.58. The van der Waals surface area contributed by atoms with Gasteiger partial charge >= 0.3 is 12.1 Å². The smallest absolute Gasteiger partial charge is 0.408 e. The van der Waals surface area contributed by atoms with Crippen molar-refractivity contribution in [3.05, 3.63) is 47.7 Å². The van der Waals surface area contributed by atoms with Crippen molar-refractivity contribution in [2.45, 2.75) is 98.0 Å². The number of rotatable bonds is 1. The van der Waals surface area contributed by atoms with Crippen molar-refractivity contribution < 1.29 is 33.4 Å². The number of fused-ring (bicyclic) bond motifs is 4. The highest BCUT2D eigenvalue weighted by atomic mass is 16.6. The van der Waals surface area contributed by atoms with Gasteiger partial charge in [0.25, 0.3) is 5.91 Å². The minimum atomic E-state index is -1.22. The largest absolute Gasteiger partial charge is 0.461 e. The fourth-order valence-electron chi connectivity index (χ4n) is 5.61. The van der Waals surface area contributed by atoms with Crippen molar-refractivity contribution in [3.63, 3.8) is 0 Å². The van der Waals surface area contributed by atoms with Crippen molar-refractivity contribution in [1.82, 2.24) is 31.0 Å². The van der Waals surface area contributed by atoms with Crippen molar-refractivity contribution in [1.29, 1.82) is 0 Å². The fraction of sp³-hybridized carbons (Fsp3) is 0.556. The lowest BCUT2D eigenvalue weighted by Gasteiger charge is -2.37. The van der Waals surface area contributed by atoms with Gasteiger partial charge in [0.05, 0.1) is 22.7 Å². The third-order valence-corrected chi connectivity index (χ3v) is 8.93. The summed E-state index contributed by atoms with van der Waals surface area (Å²) in [4.78, 5) is 73.0. The van der Waals surface area contributed by atoms with Crippen molar-refractivity contribution in [2.75, 3.05) is 20.2 Å². The van der Waals surface area contributed by atoms with Gasteiger partial charge in [-0.2, -0.15) is 0 Å². The van der Waals surface area contributed by atoms with Crippen LogP contribution >= 0.6 is 0 Å². The van der Waals surface area contributed by atoms with Gasteiger partial charge in [-0.25, -0.2) is 10.2 Å². The second-order valence-electron chi connectivity index (χ2n) is 14.5. The summed E-state index contributed by atoms with van der Waals surface area (Å²) in [6, 6.07) is 6.65. The number of aromatic nitrogens is 1. The summed E-state index contributed by atoms with van der Waals surface area (Å²) in [6.45, 7) is 13.8. The number of hydrazine groups is 1. The quantitative estimate of drug-likeness (QED) is 0.381. The van der Waals surface area contributed by atoms with Crippen LogP contribution < -0.4 is 16.1 Å². The van der Waals surface area contributed by atoms with E-state index >= 15 is 0 Å². The topological polar surface area (TPSA) is 159 Å². The number of pyridine rings is 1. The molecule has 1 aromatic heterocycles. The molecule has 2 aromatic rings. The predicted molar refractivity (Wildman–Crippen MR) is 184 cm³/mol. The van der Waals surface area contributed by atoms with Crippen LogP contribution in [0.2, 0.25) is 0 Å². The maximum atomic E-state index is 13.7. The number of nitrogens with zero attached hydrogens (tertiary/aromatic N) is 3. The molecule has 13 nitrogen and oxygen atoms in total. The molecule has 13 heteroatoms. The van der Waals surface area contributed by atoms with Gasteiger partial charge in [-0.1, -0.05) is 44.2 Å². The Bertz CT molecular complexity index is 1620.